The summed E-state index contributed by atoms with van der Waals surface area (Å²) in [4.78, 5) is 21.9. The molecule has 1 atom stereocenters. The SMILES string of the molecule is CCOC(=O)C(C)(N)COc1cc([N+](=O)[O-])ccc1OC. The monoisotopic (exact) mass is 298 g/mol. The lowest BCUT2D eigenvalue weighted by atomic mass is 10.1. The van der Waals surface area contributed by atoms with Crippen LogP contribution in [0.25, 0.3) is 0 Å². The van der Waals surface area contributed by atoms with E-state index in [1.165, 1.54) is 32.2 Å². The molecule has 1 unspecified atom stereocenters. The van der Waals surface area contributed by atoms with Gasteiger partial charge in [0.2, 0.25) is 0 Å². The van der Waals surface area contributed by atoms with Crippen LogP contribution in [0.2, 0.25) is 0 Å². The smallest absolute Gasteiger partial charge is 0.329 e. The number of esters is 1. The highest BCUT2D eigenvalue weighted by atomic mass is 16.6. The van der Waals surface area contributed by atoms with Crippen LogP contribution in [-0.4, -0.2) is 36.8 Å². The molecule has 8 heteroatoms. The van der Waals surface area contributed by atoms with Gasteiger partial charge in [0, 0.05) is 6.07 Å². The Morgan fingerprint density at radius 1 is 1.43 bits per heavy atom. The van der Waals surface area contributed by atoms with Crippen LogP contribution in [-0.2, 0) is 9.53 Å². The van der Waals surface area contributed by atoms with Gasteiger partial charge in [-0.3, -0.25) is 10.1 Å². The van der Waals surface area contributed by atoms with Crippen molar-refractivity contribution in [1.29, 1.82) is 0 Å². The zero-order valence-corrected chi connectivity index (χ0v) is 12.1. The van der Waals surface area contributed by atoms with Gasteiger partial charge in [-0.1, -0.05) is 0 Å². The highest BCUT2D eigenvalue weighted by molar-refractivity contribution is 5.80. The van der Waals surface area contributed by atoms with Crippen molar-refractivity contribution in [2.24, 2.45) is 5.73 Å². The zero-order chi connectivity index (χ0) is 16.0. The first kappa shape index (κ1) is 16.7. The number of hydrogen-bond acceptors (Lipinski definition) is 7. The molecule has 0 saturated heterocycles. The van der Waals surface area contributed by atoms with Gasteiger partial charge in [0.15, 0.2) is 11.5 Å². The van der Waals surface area contributed by atoms with E-state index in [1.807, 2.05) is 0 Å². The molecule has 116 valence electrons. The van der Waals surface area contributed by atoms with Crippen LogP contribution in [0.1, 0.15) is 13.8 Å². The van der Waals surface area contributed by atoms with E-state index in [2.05, 4.69) is 0 Å². The normalized spacial score (nSPS) is 13.1. The summed E-state index contributed by atoms with van der Waals surface area (Å²) < 4.78 is 15.3. The van der Waals surface area contributed by atoms with Crippen molar-refractivity contribution in [3.63, 3.8) is 0 Å². The number of methoxy groups -OCH3 is 1. The third-order valence-electron chi connectivity index (χ3n) is 2.63. The molecule has 1 aromatic carbocycles. The molecule has 0 bridgehead atoms. The summed E-state index contributed by atoms with van der Waals surface area (Å²) >= 11 is 0. The number of nitro groups is 1. The summed E-state index contributed by atoms with van der Waals surface area (Å²) in [6.45, 7) is 3.11. The van der Waals surface area contributed by atoms with Gasteiger partial charge in [-0.05, 0) is 19.9 Å². The summed E-state index contributed by atoms with van der Waals surface area (Å²) in [6.07, 6.45) is 0. The number of nitrogens with two attached hydrogens (primary N) is 1. The number of nitro benzene ring substituents is 1. The van der Waals surface area contributed by atoms with Gasteiger partial charge < -0.3 is 19.9 Å². The molecular weight excluding hydrogens is 280 g/mol. The minimum absolute atomic E-state index is 0.132. The average molecular weight is 298 g/mol. The number of carbonyl (C=O) groups excluding carboxylic acids is 1. The van der Waals surface area contributed by atoms with Crippen molar-refractivity contribution in [2.45, 2.75) is 19.4 Å². The summed E-state index contributed by atoms with van der Waals surface area (Å²) in [5.74, 6) is -0.178. The van der Waals surface area contributed by atoms with E-state index in [9.17, 15) is 14.9 Å². The number of hydrogen-bond donors (Lipinski definition) is 1. The fraction of sp³-hybridized carbons (Fsp3) is 0.462. The molecule has 0 amide bonds. The largest absolute Gasteiger partial charge is 0.493 e. The highest BCUT2D eigenvalue weighted by Crippen LogP contribution is 2.31. The molecule has 0 aliphatic heterocycles. The average Bonchev–Trinajstić information content (AvgIpc) is 2.45. The summed E-state index contributed by atoms with van der Waals surface area (Å²) in [5, 5.41) is 10.8. The molecule has 0 radical (unpaired) electrons. The lowest BCUT2D eigenvalue weighted by molar-refractivity contribution is -0.385. The van der Waals surface area contributed by atoms with Gasteiger partial charge in [-0.15, -0.1) is 0 Å². The first-order valence-electron chi connectivity index (χ1n) is 6.23. The number of nitrogens with zero attached hydrogens (tertiary/aromatic N) is 1. The first-order valence-corrected chi connectivity index (χ1v) is 6.23. The van der Waals surface area contributed by atoms with E-state index < -0.39 is 16.4 Å². The van der Waals surface area contributed by atoms with E-state index >= 15 is 0 Å². The van der Waals surface area contributed by atoms with Crippen molar-refractivity contribution in [2.75, 3.05) is 20.3 Å². The molecule has 0 aromatic heterocycles. The van der Waals surface area contributed by atoms with Crippen molar-refractivity contribution in [3.8, 4) is 11.5 Å². The fourth-order valence-corrected chi connectivity index (χ4v) is 1.47. The number of non-ortho nitro benzene ring substituents is 1. The summed E-state index contributed by atoms with van der Waals surface area (Å²) in [5.41, 5.74) is 4.29. The minimum Gasteiger partial charge on any atom is -0.493 e. The van der Waals surface area contributed by atoms with Gasteiger partial charge in [-0.25, -0.2) is 4.79 Å². The predicted octanol–water partition coefficient (Wildman–Crippen LogP) is 1.26. The Labute approximate surface area is 121 Å². The van der Waals surface area contributed by atoms with Crippen LogP contribution in [0.4, 0.5) is 5.69 Å². The maximum Gasteiger partial charge on any atom is 0.329 e. The zero-order valence-electron chi connectivity index (χ0n) is 12.1. The van der Waals surface area contributed by atoms with Gasteiger partial charge >= 0.3 is 5.97 Å². The Balaban J connectivity index is 2.89. The highest BCUT2D eigenvalue weighted by Gasteiger charge is 2.31. The Kier molecular flexibility index (Phi) is 5.48. The van der Waals surface area contributed by atoms with Crippen LogP contribution in [0.15, 0.2) is 18.2 Å². The Bertz CT molecular complexity index is 529. The lowest BCUT2D eigenvalue weighted by Crippen LogP contribution is -2.51. The van der Waals surface area contributed by atoms with Gasteiger partial charge in [0.1, 0.15) is 12.1 Å². The van der Waals surface area contributed by atoms with E-state index in [0.29, 0.717) is 5.75 Å². The molecule has 0 fully saturated rings. The third kappa shape index (κ3) is 4.32. The molecule has 0 aliphatic rings. The molecule has 1 rings (SSSR count). The predicted molar refractivity (Wildman–Crippen MR) is 74.4 cm³/mol. The molecule has 8 nitrogen and oxygen atoms in total. The molecule has 0 spiro atoms. The fourth-order valence-electron chi connectivity index (χ4n) is 1.47. The van der Waals surface area contributed by atoms with Crippen LogP contribution >= 0.6 is 0 Å². The second-order valence-electron chi connectivity index (χ2n) is 4.52. The Morgan fingerprint density at radius 3 is 2.62 bits per heavy atom. The lowest BCUT2D eigenvalue weighted by Gasteiger charge is -2.22. The van der Waals surface area contributed by atoms with Crippen molar-refractivity contribution in [1.82, 2.24) is 0 Å². The molecule has 0 saturated carbocycles. The molecule has 2 N–H and O–H groups in total. The van der Waals surface area contributed by atoms with E-state index in [0.717, 1.165) is 0 Å². The van der Waals surface area contributed by atoms with E-state index in [-0.39, 0.29) is 24.7 Å². The molecule has 0 aliphatic carbocycles. The second-order valence-corrected chi connectivity index (χ2v) is 4.52. The number of ether oxygens (including phenoxy) is 3. The van der Waals surface area contributed by atoms with Crippen molar-refractivity contribution < 1.29 is 23.9 Å². The van der Waals surface area contributed by atoms with E-state index in [4.69, 9.17) is 19.9 Å². The number of rotatable bonds is 7. The van der Waals surface area contributed by atoms with Crippen LogP contribution in [0.5, 0.6) is 11.5 Å². The van der Waals surface area contributed by atoms with Gasteiger partial charge in [-0.2, -0.15) is 0 Å². The number of carbonyl (C=O) groups is 1. The Hall–Kier alpha value is -2.35. The molecule has 0 heterocycles. The quantitative estimate of drug-likeness (QED) is 0.458. The van der Waals surface area contributed by atoms with E-state index in [1.54, 1.807) is 6.92 Å². The Morgan fingerprint density at radius 2 is 2.10 bits per heavy atom. The van der Waals surface area contributed by atoms with Crippen LogP contribution < -0.4 is 15.2 Å². The van der Waals surface area contributed by atoms with Crippen LogP contribution in [0.3, 0.4) is 0 Å². The third-order valence-corrected chi connectivity index (χ3v) is 2.63. The minimum atomic E-state index is -1.37. The number of benzene rings is 1. The second kappa shape index (κ2) is 6.89. The first-order chi connectivity index (χ1) is 9.81. The molecular formula is C13H18N2O6. The van der Waals surface area contributed by atoms with Crippen molar-refractivity contribution in [3.05, 3.63) is 28.3 Å². The van der Waals surface area contributed by atoms with Gasteiger partial charge in [0.25, 0.3) is 5.69 Å². The van der Waals surface area contributed by atoms with Crippen LogP contribution in [0, 0.1) is 10.1 Å². The maximum atomic E-state index is 11.6. The standard InChI is InChI=1S/C13H18N2O6/c1-4-20-12(16)13(2,14)8-21-11-7-9(15(17)18)5-6-10(11)19-3/h5-7H,4,8,14H2,1-3H3. The topological polar surface area (TPSA) is 114 Å². The van der Waals surface area contributed by atoms with Crippen molar-refractivity contribution >= 4 is 11.7 Å². The van der Waals surface area contributed by atoms with Gasteiger partial charge in [0.05, 0.1) is 24.7 Å². The maximum absolute atomic E-state index is 11.6. The molecule has 1 aromatic rings. The summed E-state index contributed by atoms with van der Waals surface area (Å²) in [6, 6.07) is 3.91. The summed E-state index contributed by atoms with van der Waals surface area (Å²) in [7, 11) is 1.40. The molecule has 21 heavy (non-hydrogen) atoms.